The van der Waals surface area contributed by atoms with E-state index in [1.54, 1.807) is 6.07 Å². The summed E-state index contributed by atoms with van der Waals surface area (Å²) in [7, 11) is 0. The Labute approximate surface area is 294 Å². The second-order valence-electron chi connectivity index (χ2n) is 15.2. The van der Waals surface area contributed by atoms with Gasteiger partial charge in [0.05, 0.1) is 5.56 Å². The van der Waals surface area contributed by atoms with Crippen molar-refractivity contribution in [1.29, 1.82) is 0 Å². The summed E-state index contributed by atoms with van der Waals surface area (Å²) in [4.78, 5) is 0. The van der Waals surface area contributed by atoms with Crippen molar-refractivity contribution in [3.05, 3.63) is 125 Å². The molecule has 0 amide bonds. The quantitative estimate of drug-likeness (QED) is 0.0718. The highest BCUT2D eigenvalue weighted by Crippen LogP contribution is 2.62. The van der Waals surface area contributed by atoms with Crippen molar-refractivity contribution in [3.8, 4) is 73.3 Å². The van der Waals surface area contributed by atoms with Crippen LogP contribution >= 0.6 is 0 Å². The molecule has 0 bridgehead atoms. The molecule has 8 aromatic carbocycles. The van der Waals surface area contributed by atoms with Crippen LogP contribution in [0.25, 0.3) is 76.8 Å². The zero-order valence-corrected chi connectivity index (χ0v) is 28.6. The van der Waals surface area contributed by atoms with Crippen LogP contribution in [0.2, 0.25) is 0 Å². The Morgan fingerprint density at radius 3 is 1.22 bits per heavy atom. The van der Waals surface area contributed by atoms with Crippen LogP contribution in [0.3, 0.4) is 0 Å². The van der Waals surface area contributed by atoms with Gasteiger partial charge in [-0.1, -0.05) is 131 Å². The van der Waals surface area contributed by atoms with Crippen molar-refractivity contribution in [3.63, 3.8) is 0 Å². The minimum absolute atomic E-state index is 0.155. The third-order valence-electron chi connectivity index (χ3n) is 12.0. The molecule has 0 spiro atoms. The van der Waals surface area contributed by atoms with Crippen LogP contribution < -0.4 is 0 Å². The largest absolute Gasteiger partial charge is 0.504 e. The highest BCUT2D eigenvalue weighted by Gasteiger charge is 2.44. The minimum atomic E-state index is -0.978. The summed E-state index contributed by atoms with van der Waals surface area (Å²) in [6, 6.07) is 36.4. The number of aromatic hydroxyl groups is 5. The number of rotatable bonds is 2. The Balaban J connectivity index is 1.37. The van der Waals surface area contributed by atoms with Gasteiger partial charge in [0.2, 0.25) is 17.2 Å². The smallest absolute Gasteiger partial charge is 0.208 e. The lowest BCUT2D eigenvalue weighted by atomic mass is 9.75. The molecule has 248 valence electrons. The maximum absolute atomic E-state index is 11.0. The van der Waals surface area contributed by atoms with Crippen LogP contribution in [-0.4, -0.2) is 25.5 Å². The van der Waals surface area contributed by atoms with Crippen molar-refractivity contribution < 1.29 is 25.5 Å². The van der Waals surface area contributed by atoms with E-state index in [9.17, 15) is 25.5 Å². The first kappa shape index (κ1) is 29.7. The van der Waals surface area contributed by atoms with Gasteiger partial charge in [0.25, 0.3) is 0 Å². The molecule has 0 unspecified atom stereocenters. The summed E-state index contributed by atoms with van der Waals surface area (Å²) in [6.45, 7) is 9.33. The van der Waals surface area contributed by atoms with Gasteiger partial charge in [-0.15, -0.1) is 0 Å². The summed E-state index contributed by atoms with van der Waals surface area (Å²) >= 11 is 0. The molecular weight excluding hydrogens is 633 g/mol. The van der Waals surface area contributed by atoms with Gasteiger partial charge in [-0.2, -0.15) is 0 Å². The lowest BCUT2D eigenvalue weighted by Crippen LogP contribution is -2.19. The minimum Gasteiger partial charge on any atom is -0.504 e. The summed E-state index contributed by atoms with van der Waals surface area (Å²) < 4.78 is 0. The summed E-state index contributed by atoms with van der Waals surface area (Å²) in [5.74, 6) is -4.19. The molecule has 0 heterocycles. The standard InChI is InChI=1S/C46H34O5/c1-45(2)30-11-7-5-9-28(30)36-32(45)21-33-37(29-10-6-8-12-31(29)46(33,3)4)38(36)26-19-15-22-14-18-25-27(20-16-23-13-17-24(26)34(22)35(23)25)39-40(47)42(49)44(51)43(50)41(39)48/h5-21,47-51H,1-4H3. The van der Waals surface area contributed by atoms with E-state index in [1.165, 1.54) is 50.1 Å². The first-order chi connectivity index (χ1) is 24.4. The van der Waals surface area contributed by atoms with Gasteiger partial charge in [0.1, 0.15) is 0 Å². The molecule has 2 aliphatic rings. The third kappa shape index (κ3) is 3.50. The predicted octanol–water partition coefficient (Wildman–Crippen LogP) is 11.1. The van der Waals surface area contributed by atoms with Crippen LogP contribution in [0.5, 0.6) is 28.7 Å². The molecule has 5 nitrogen and oxygen atoms in total. The Morgan fingerprint density at radius 2 is 0.745 bits per heavy atom. The average Bonchev–Trinajstić information content (AvgIpc) is 3.51. The molecule has 0 saturated heterocycles. The Morgan fingerprint density at radius 1 is 0.353 bits per heavy atom. The number of phenols is 5. The maximum atomic E-state index is 11.0. The van der Waals surface area contributed by atoms with Crippen LogP contribution in [0.1, 0.15) is 49.9 Å². The Bertz CT molecular complexity index is 2750. The first-order valence-corrected chi connectivity index (χ1v) is 17.2. The molecular formula is C46H34O5. The molecule has 0 radical (unpaired) electrons. The first-order valence-electron chi connectivity index (χ1n) is 17.2. The topological polar surface area (TPSA) is 101 Å². The van der Waals surface area contributed by atoms with E-state index in [4.69, 9.17) is 0 Å². The van der Waals surface area contributed by atoms with Gasteiger partial charge in [-0.25, -0.2) is 0 Å². The number of hydrogen-bond donors (Lipinski definition) is 5. The number of phenolic OH excluding ortho intramolecular Hbond substituents is 5. The molecule has 0 aromatic heterocycles. The highest BCUT2D eigenvalue weighted by molar-refractivity contribution is 6.29. The SMILES string of the molecule is CC1(C)c2ccccc2-c2c1cc1c(c2-c2ccc3ccc4c(-c5c(O)c(O)c(O)c(O)c5O)ccc5ccc2c3c54)-c2ccccc2C1(C)C. The molecule has 0 fully saturated rings. The van der Waals surface area contributed by atoms with Gasteiger partial charge >= 0.3 is 0 Å². The summed E-state index contributed by atoms with van der Waals surface area (Å²) in [5.41, 5.74) is 12.5. The molecule has 10 rings (SSSR count). The molecule has 5 heteroatoms. The second-order valence-corrected chi connectivity index (χ2v) is 15.2. The Hall–Kier alpha value is -6.20. The van der Waals surface area contributed by atoms with Crippen LogP contribution in [0, 0.1) is 0 Å². The summed E-state index contributed by atoms with van der Waals surface area (Å²) in [6.07, 6.45) is 0. The van der Waals surface area contributed by atoms with Crippen molar-refractivity contribution in [2.45, 2.75) is 38.5 Å². The van der Waals surface area contributed by atoms with Gasteiger partial charge in [-0.3, -0.25) is 0 Å². The Kier molecular flexibility index (Phi) is 5.54. The lowest BCUT2D eigenvalue weighted by molar-refractivity contribution is 0.330. The van der Waals surface area contributed by atoms with Crippen molar-refractivity contribution >= 4 is 32.3 Å². The van der Waals surface area contributed by atoms with Gasteiger partial charge < -0.3 is 25.5 Å². The van der Waals surface area contributed by atoms with Crippen molar-refractivity contribution in [2.75, 3.05) is 0 Å². The van der Waals surface area contributed by atoms with E-state index in [2.05, 4.69) is 107 Å². The van der Waals surface area contributed by atoms with E-state index in [0.717, 1.165) is 37.9 Å². The van der Waals surface area contributed by atoms with Gasteiger partial charge in [0.15, 0.2) is 11.5 Å². The fraction of sp³-hybridized carbons (Fsp3) is 0.130. The normalized spacial score (nSPS) is 15.0. The van der Waals surface area contributed by atoms with Crippen LogP contribution in [0.15, 0.2) is 103 Å². The number of fused-ring (bicyclic) bond motifs is 6. The lowest BCUT2D eigenvalue weighted by Gasteiger charge is -2.27. The summed E-state index contributed by atoms with van der Waals surface area (Å²) in [5, 5.41) is 58.7. The molecule has 2 aliphatic carbocycles. The zero-order valence-electron chi connectivity index (χ0n) is 28.6. The number of benzene rings is 8. The maximum Gasteiger partial charge on any atom is 0.208 e. The fourth-order valence-electron chi connectivity index (χ4n) is 9.46. The molecule has 0 atom stereocenters. The molecule has 0 aliphatic heterocycles. The van der Waals surface area contributed by atoms with E-state index in [1.807, 2.05) is 18.2 Å². The van der Waals surface area contributed by atoms with E-state index >= 15 is 0 Å². The van der Waals surface area contributed by atoms with Crippen LogP contribution in [0.4, 0.5) is 0 Å². The molecule has 5 N–H and O–H groups in total. The zero-order chi connectivity index (χ0) is 35.3. The monoisotopic (exact) mass is 666 g/mol. The molecule has 8 aromatic rings. The van der Waals surface area contributed by atoms with Crippen LogP contribution in [-0.2, 0) is 10.8 Å². The third-order valence-corrected chi connectivity index (χ3v) is 12.0. The van der Waals surface area contributed by atoms with E-state index in [-0.39, 0.29) is 16.4 Å². The molecule has 0 saturated carbocycles. The van der Waals surface area contributed by atoms with Crippen molar-refractivity contribution in [2.24, 2.45) is 0 Å². The van der Waals surface area contributed by atoms with E-state index in [0.29, 0.717) is 5.56 Å². The predicted molar refractivity (Wildman–Crippen MR) is 204 cm³/mol. The fourth-order valence-corrected chi connectivity index (χ4v) is 9.46. The van der Waals surface area contributed by atoms with E-state index < -0.39 is 28.7 Å². The highest BCUT2D eigenvalue weighted by atomic mass is 16.4. The van der Waals surface area contributed by atoms with Crippen molar-refractivity contribution in [1.82, 2.24) is 0 Å². The second kappa shape index (κ2) is 9.52. The van der Waals surface area contributed by atoms with Gasteiger partial charge in [-0.05, 0) is 93.5 Å². The van der Waals surface area contributed by atoms with Gasteiger partial charge in [0, 0.05) is 10.8 Å². The molecule has 51 heavy (non-hydrogen) atoms. The number of hydrogen-bond acceptors (Lipinski definition) is 5. The average molecular weight is 667 g/mol.